The van der Waals surface area contributed by atoms with Gasteiger partial charge in [-0.1, -0.05) is 98.5 Å². The maximum Gasteiger partial charge on any atom is 0.187 e. The Morgan fingerprint density at radius 1 is 1.02 bits per heavy atom. The lowest BCUT2D eigenvalue weighted by atomic mass is 9.73. The highest BCUT2D eigenvalue weighted by Crippen LogP contribution is 2.49. The number of nitrogens with one attached hydrogen (secondary N) is 1. The van der Waals surface area contributed by atoms with E-state index in [-0.39, 0.29) is 31.2 Å². The average molecular weight is 809 g/mol. The van der Waals surface area contributed by atoms with E-state index in [0.29, 0.717) is 37.3 Å². The highest BCUT2D eigenvalue weighted by molar-refractivity contribution is 6.09. The van der Waals surface area contributed by atoms with Gasteiger partial charge < -0.3 is 35.4 Å². The van der Waals surface area contributed by atoms with Crippen molar-refractivity contribution in [1.82, 2.24) is 10.2 Å². The number of fused-ring (bicyclic) bond motifs is 6. The molecular formula is C50H56N4O6. The minimum atomic E-state index is -1.07. The van der Waals surface area contributed by atoms with Crippen LogP contribution in [-0.4, -0.2) is 63.2 Å². The van der Waals surface area contributed by atoms with Crippen LogP contribution in [0.4, 0.5) is 0 Å². The molecule has 0 amide bonds. The average Bonchev–Trinajstić information content (AvgIpc) is 3.99. The van der Waals surface area contributed by atoms with Gasteiger partial charge in [0.1, 0.15) is 18.0 Å². The Bertz CT molecular complexity index is 2270. The lowest BCUT2D eigenvalue weighted by molar-refractivity contribution is -0.121. The fraction of sp³-hybridized carbons (Fsp3) is 0.440. The Hall–Kier alpha value is -5.20. The summed E-state index contributed by atoms with van der Waals surface area (Å²) in [6.45, 7) is 3.23. The number of benzene rings is 3. The third-order valence-electron chi connectivity index (χ3n) is 12.6. The molecule has 2 bridgehead atoms. The second-order valence-corrected chi connectivity index (χ2v) is 17.0. The molecule has 4 heterocycles. The molecule has 1 saturated carbocycles. The van der Waals surface area contributed by atoms with Crippen LogP contribution in [0.5, 0.6) is 11.5 Å². The minimum Gasteiger partial charge on any atom is -0.465 e. The number of nitrogens with two attached hydrogens (primary N) is 1. The number of aliphatic hydroxyl groups is 3. The van der Waals surface area contributed by atoms with Crippen molar-refractivity contribution in [2.45, 2.75) is 115 Å². The first-order valence-corrected chi connectivity index (χ1v) is 21.6. The van der Waals surface area contributed by atoms with Crippen molar-refractivity contribution in [1.29, 1.82) is 0 Å². The summed E-state index contributed by atoms with van der Waals surface area (Å²) in [5, 5.41) is 35.9. The van der Waals surface area contributed by atoms with Crippen LogP contribution in [0.3, 0.4) is 0 Å². The summed E-state index contributed by atoms with van der Waals surface area (Å²) in [6.07, 6.45) is 10.9. The van der Waals surface area contributed by atoms with E-state index >= 15 is 0 Å². The number of Topliss-reactive ketones (excluding diaryl/α,β-unsaturated/α-hetero) is 1. The molecule has 10 heteroatoms. The molecule has 0 aromatic heterocycles. The van der Waals surface area contributed by atoms with E-state index in [0.717, 1.165) is 84.2 Å². The van der Waals surface area contributed by atoms with Gasteiger partial charge in [-0.15, -0.1) is 0 Å². The number of aliphatic hydroxyl groups excluding tert-OH is 3. The standard InChI is InChI=1S/C50H56N4O6/c1-2-8-38(55)28-40(57)29-39(56)14-11-34-12-18-46-47(25-34)60-49-43(50(22-24-59-46)20-6-7-21-50)16-17-45(58)41-15-13-35(48(51)52-23-19-33-9-4-3-5-10-33)26-36(41)27-37-30-53-44-32-54(49)31-42(37)44/h3-5,9-10,12-13,15,18,25-26,30-31,38,40,43,45,48-49,52,55,57-58H,2,6-8,11,14,19-21,23,27-29,32,51H2,1H3. The predicted octanol–water partition coefficient (Wildman–Crippen LogP) is 6.35. The fourth-order valence-corrected chi connectivity index (χ4v) is 9.30. The molecule has 8 rings (SSSR count). The van der Waals surface area contributed by atoms with Crippen molar-refractivity contribution < 1.29 is 29.6 Å². The van der Waals surface area contributed by atoms with E-state index in [2.05, 4.69) is 58.5 Å². The third kappa shape index (κ3) is 9.39. The number of allylic oxidation sites excluding steroid dienone is 1. The van der Waals surface area contributed by atoms with Gasteiger partial charge in [0.15, 0.2) is 17.7 Å². The van der Waals surface area contributed by atoms with E-state index in [1.165, 1.54) is 5.56 Å². The largest absolute Gasteiger partial charge is 0.465 e. The summed E-state index contributed by atoms with van der Waals surface area (Å²) in [5.41, 5.74) is 13.9. The molecule has 6 unspecified atom stereocenters. The summed E-state index contributed by atoms with van der Waals surface area (Å²) in [5.74, 6) is 10.8. The van der Waals surface area contributed by atoms with Crippen LogP contribution in [0.25, 0.3) is 0 Å². The lowest BCUT2D eigenvalue weighted by Crippen LogP contribution is -2.47. The first-order chi connectivity index (χ1) is 29.2. The molecule has 0 saturated heterocycles. The Morgan fingerprint density at radius 2 is 1.85 bits per heavy atom. The molecule has 1 fully saturated rings. The number of aryl methyl sites for hydroxylation is 1. The second-order valence-electron chi connectivity index (χ2n) is 17.0. The molecule has 1 spiro atoms. The summed E-state index contributed by atoms with van der Waals surface area (Å²) < 4.78 is 13.2. The fourth-order valence-electron chi connectivity index (χ4n) is 9.30. The molecule has 6 N–H and O–H groups in total. The SMILES string of the molecule is CCCC(O)CC(O)CC(=O)CCc1ccc2c(c1)OC1C(C#CC(O)c3ccc(C(N)NCCc4ccccc4)cc3CC3=CN=C4CN1C=C34)C1(C#CO2)CCCC1. The van der Waals surface area contributed by atoms with Gasteiger partial charge >= 0.3 is 0 Å². The summed E-state index contributed by atoms with van der Waals surface area (Å²) in [4.78, 5) is 20.0. The Morgan fingerprint density at radius 3 is 2.67 bits per heavy atom. The Kier molecular flexibility index (Phi) is 12.9. The van der Waals surface area contributed by atoms with Crippen LogP contribution in [0.2, 0.25) is 0 Å². The number of carbonyl (C=O) groups excluding carboxylic acids is 1. The first-order valence-electron chi connectivity index (χ1n) is 21.6. The van der Waals surface area contributed by atoms with Gasteiger partial charge in [-0.25, -0.2) is 0 Å². The number of ketones is 1. The molecule has 60 heavy (non-hydrogen) atoms. The van der Waals surface area contributed by atoms with E-state index in [1.807, 2.05) is 61.7 Å². The summed E-state index contributed by atoms with van der Waals surface area (Å²) in [7, 11) is 0. The van der Waals surface area contributed by atoms with Crippen molar-refractivity contribution in [2.75, 3.05) is 13.1 Å². The van der Waals surface area contributed by atoms with E-state index < -0.39 is 35.9 Å². The van der Waals surface area contributed by atoms with Gasteiger partial charge in [0.05, 0.1) is 42.0 Å². The van der Waals surface area contributed by atoms with Gasteiger partial charge in [0.2, 0.25) is 0 Å². The maximum atomic E-state index is 12.9. The number of carbonyl (C=O) groups is 1. The summed E-state index contributed by atoms with van der Waals surface area (Å²) >= 11 is 0. The number of rotatable bonds is 14. The van der Waals surface area contributed by atoms with E-state index in [4.69, 9.17) is 20.2 Å². The number of hydrogen-bond donors (Lipinski definition) is 5. The molecule has 5 aliphatic rings. The van der Waals surface area contributed by atoms with Gasteiger partial charge in [0.25, 0.3) is 0 Å². The zero-order valence-corrected chi connectivity index (χ0v) is 34.4. The topological polar surface area (TPSA) is 150 Å². The van der Waals surface area contributed by atoms with Gasteiger partial charge in [0, 0.05) is 43.8 Å². The molecule has 3 aromatic rings. The van der Waals surface area contributed by atoms with Crippen molar-refractivity contribution in [2.24, 2.45) is 22.1 Å². The van der Waals surface area contributed by atoms with Crippen LogP contribution < -0.4 is 20.5 Å². The van der Waals surface area contributed by atoms with Crippen molar-refractivity contribution >= 4 is 11.5 Å². The smallest absolute Gasteiger partial charge is 0.187 e. The molecule has 312 valence electrons. The number of ether oxygens (including phenoxy) is 2. The van der Waals surface area contributed by atoms with Crippen LogP contribution in [0, 0.1) is 35.2 Å². The van der Waals surface area contributed by atoms with Crippen LogP contribution in [0.1, 0.15) is 105 Å². The quantitative estimate of drug-likeness (QED) is 0.0929. The molecule has 6 atom stereocenters. The van der Waals surface area contributed by atoms with Crippen LogP contribution >= 0.6 is 0 Å². The van der Waals surface area contributed by atoms with Crippen molar-refractivity contribution in [3.8, 4) is 35.4 Å². The van der Waals surface area contributed by atoms with E-state index in [1.54, 1.807) is 0 Å². The molecule has 0 radical (unpaired) electrons. The molecule has 10 nitrogen and oxygen atoms in total. The maximum absolute atomic E-state index is 12.9. The number of hydrogen-bond acceptors (Lipinski definition) is 10. The van der Waals surface area contributed by atoms with Gasteiger partial charge in [-0.3, -0.25) is 15.1 Å². The Balaban J connectivity index is 1.08. The molecule has 4 aliphatic heterocycles. The lowest BCUT2D eigenvalue weighted by Gasteiger charge is -2.39. The van der Waals surface area contributed by atoms with Crippen molar-refractivity contribution in [3.63, 3.8) is 0 Å². The van der Waals surface area contributed by atoms with E-state index in [9.17, 15) is 20.1 Å². The van der Waals surface area contributed by atoms with Crippen LogP contribution in [-0.2, 0) is 24.1 Å². The zero-order chi connectivity index (χ0) is 41.6. The zero-order valence-electron chi connectivity index (χ0n) is 34.4. The Labute approximate surface area is 353 Å². The summed E-state index contributed by atoms with van der Waals surface area (Å²) in [6, 6.07) is 22.0. The highest BCUT2D eigenvalue weighted by atomic mass is 16.5. The molecule has 1 aliphatic carbocycles. The molecule has 3 aromatic carbocycles. The minimum absolute atomic E-state index is 0.00674. The third-order valence-corrected chi connectivity index (χ3v) is 12.6. The van der Waals surface area contributed by atoms with Crippen LogP contribution in [0.15, 0.2) is 95.3 Å². The van der Waals surface area contributed by atoms with Crippen molar-refractivity contribution in [3.05, 3.63) is 118 Å². The van der Waals surface area contributed by atoms with Gasteiger partial charge in [-0.2, -0.15) is 0 Å². The highest BCUT2D eigenvalue weighted by Gasteiger charge is 2.48. The predicted molar refractivity (Wildman–Crippen MR) is 231 cm³/mol. The monoisotopic (exact) mass is 808 g/mol. The number of aliphatic imine (C=N–C) groups is 1. The molecular weight excluding hydrogens is 753 g/mol. The normalized spacial score (nSPS) is 22.3. The number of nitrogens with zero attached hydrogens (tertiary/aromatic N) is 2. The first kappa shape index (κ1) is 41.5. The van der Waals surface area contributed by atoms with Gasteiger partial charge in [-0.05, 0) is 84.0 Å². The second kappa shape index (κ2) is 18.6.